The van der Waals surface area contributed by atoms with Gasteiger partial charge in [0.2, 0.25) is 0 Å². The van der Waals surface area contributed by atoms with E-state index in [0.29, 0.717) is 0 Å². The molecule has 0 radical (unpaired) electrons. The Kier molecular flexibility index (Phi) is 2.53. The van der Waals surface area contributed by atoms with Crippen LogP contribution in [0.2, 0.25) is 0 Å². The average Bonchev–Trinajstić information content (AvgIpc) is 2.72. The van der Waals surface area contributed by atoms with Crippen LogP contribution >= 0.6 is 27.3 Å². The molecule has 0 aliphatic heterocycles. The van der Waals surface area contributed by atoms with Crippen molar-refractivity contribution in [2.24, 2.45) is 0 Å². The van der Waals surface area contributed by atoms with E-state index in [-0.39, 0.29) is 0 Å². The van der Waals surface area contributed by atoms with Crippen molar-refractivity contribution in [2.75, 3.05) is 0 Å². The van der Waals surface area contributed by atoms with Gasteiger partial charge in [0.25, 0.3) is 0 Å². The lowest BCUT2D eigenvalue weighted by atomic mass is 10.2. The first-order chi connectivity index (χ1) is 6.27. The second-order valence-electron chi connectivity index (χ2n) is 2.63. The summed E-state index contributed by atoms with van der Waals surface area (Å²) in [7, 11) is 0. The molecule has 0 spiro atoms. The lowest BCUT2D eigenvalue weighted by Crippen LogP contribution is -1.93. The lowest BCUT2D eigenvalue weighted by molar-refractivity contribution is 0.223. The van der Waals surface area contributed by atoms with E-state index >= 15 is 0 Å². The highest BCUT2D eigenvalue weighted by Gasteiger charge is 2.13. The molecular formula is C9H7BrO2S. The Morgan fingerprint density at radius 2 is 2.38 bits per heavy atom. The van der Waals surface area contributed by atoms with E-state index in [1.807, 2.05) is 11.4 Å². The summed E-state index contributed by atoms with van der Waals surface area (Å²) in [5.74, 6) is 0. The van der Waals surface area contributed by atoms with Crippen molar-refractivity contribution in [2.45, 2.75) is 6.10 Å². The van der Waals surface area contributed by atoms with Crippen molar-refractivity contribution in [1.82, 2.24) is 0 Å². The number of rotatable bonds is 2. The van der Waals surface area contributed by atoms with Crippen LogP contribution in [0.15, 0.2) is 38.9 Å². The van der Waals surface area contributed by atoms with Crippen LogP contribution in [0.1, 0.15) is 16.5 Å². The predicted octanol–water partition coefficient (Wildman–Crippen LogP) is 3.19. The zero-order valence-corrected chi connectivity index (χ0v) is 9.01. The summed E-state index contributed by atoms with van der Waals surface area (Å²) < 4.78 is 5.89. The highest BCUT2D eigenvalue weighted by atomic mass is 79.9. The molecule has 0 bridgehead atoms. The topological polar surface area (TPSA) is 33.4 Å². The highest BCUT2D eigenvalue weighted by molar-refractivity contribution is 9.10. The Morgan fingerprint density at radius 3 is 2.92 bits per heavy atom. The van der Waals surface area contributed by atoms with Crippen molar-refractivity contribution in [3.63, 3.8) is 0 Å². The maximum absolute atomic E-state index is 9.82. The summed E-state index contributed by atoms with van der Waals surface area (Å²) in [6, 6.07) is 3.67. The number of hydrogen-bond donors (Lipinski definition) is 1. The maximum Gasteiger partial charge on any atom is 0.116 e. The van der Waals surface area contributed by atoms with Crippen molar-refractivity contribution in [1.29, 1.82) is 0 Å². The van der Waals surface area contributed by atoms with E-state index in [4.69, 9.17) is 4.42 Å². The van der Waals surface area contributed by atoms with E-state index in [1.54, 1.807) is 18.6 Å². The molecule has 13 heavy (non-hydrogen) atoms. The molecule has 0 saturated heterocycles. The van der Waals surface area contributed by atoms with Crippen molar-refractivity contribution in [3.05, 3.63) is 45.0 Å². The fourth-order valence-electron chi connectivity index (χ4n) is 1.07. The molecule has 0 aromatic carbocycles. The lowest BCUT2D eigenvalue weighted by Gasteiger charge is -2.03. The summed E-state index contributed by atoms with van der Waals surface area (Å²) in [5, 5.41) is 11.8. The third-order valence-electron chi connectivity index (χ3n) is 1.72. The fraction of sp³-hybridized carbons (Fsp3) is 0.111. The molecule has 1 N–H and O–H groups in total. The van der Waals surface area contributed by atoms with Gasteiger partial charge in [0.05, 0.1) is 12.5 Å². The van der Waals surface area contributed by atoms with Gasteiger partial charge in [-0.25, -0.2) is 0 Å². The van der Waals surface area contributed by atoms with Crippen LogP contribution in [-0.4, -0.2) is 5.11 Å². The number of aliphatic hydroxyl groups is 1. The van der Waals surface area contributed by atoms with Crippen LogP contribution in [-0.2, 0) is 0 Å². The molecule has 1 atom stereocenters. The quantitative estimate of drug-likeness (QED) is 0.898. The number of halogens is 1. The summed E-state index contributed by atoms with van der Waals surface area (Å²) in [6.45, 7) is 0. The molecule has 2 rings (SSSR count). The van der Waals surface area contributed by atoms with Gasteiger partial charge in [-0.2, -0.15) is 0 Å². The van der Waals surface area contributed by atoms with E-state index in [1.165, 1.54) is 11.3 Å². The first-order valence-electron chi connectivity index (χ1n) is 3.71. The summed E-state index contributed by atoms with van der Waals surface area (Å²) in [6.07, 6.45) is 2.54. The minimum absolute atomic E-state index is 0.574. The minimum atomic E-state index is -0.574. The van der Waals surface area contributed by atoms with Gasteiger partial charge in [-0.1, -0.05) is 0 Å². The van der Waals surface area contributed by atoms with Gasteiger partial charge in [-0.3, -0.25) is 0 Å². The van der Waals surface area contributed by atoms with E-state index < -0.39 is 6.10 Å². The van der Waals surface area contributed by atoms with Gasteiger partial charge in [-0.05, 0) is 28.1 Å². The van der Waals surface area contributed by atoms with Crippen LogP contribution in [0.4, 0.5) is 0 Å². The minimum Gasteiger partial charge on any atom is -0.472 e. The number of furan rings is 1. The SMILES string of the molecule is OC(c1ccoc1)c1cc(Br)cs1. The van der Waals surface area contributed by atoms with Gasteiger partial charge in [-0.15, -0.1) is 11.3 Å². The third-order valence-corrected chi connectivity index (χ3v) is 3.46. The molecule has 0 saturated carbocycles. The molecule has 4 heteroatoms. The van der Waals surface area contributed by atoms with Crippen LogP contribution in [0.25, 0.3) is 0 Å². The molecule has 2 heterocycles. The third kappa shape index (κ3) is 1.85. The molecule has 2 aromatic rings. The van der Waals surface area contributed by atoms with Crippen molar-refractivity contribution in [3.8, 4) is 0 Å². The Hall–Kier alpha value is -0.580. The summed E-state index contributed by atoms with van der Waals surface area (Å²) >= 11 is 4.86. The molecule has 2 aromatic heterocycles. The molecule has 0 aliphatic carbocycles. The summed E-state index contributed by atoms with van der Waals surface area (Å²) in [4.78, 5) is 0.910. The van der Waals surface area contributed by atoms with Crippen molar-refractivity contribution >= 4 is 27.3 Å². The normalized spacial score (nSPS) is 13.1. The molecule has 0 fully saturated rings. The van der Waals surface area contributed by atoms with Gasteiger partial charge >= 0.3 is 0 Å². The zero-order chi connectivity index (χ0) is 9.26. The second-order valence-corrected chi connectivity index (χ2v) is 4.48. The zero-order valence-electron chi connectivity index (χ0n) is 6.61. The van der Waals surface area contributed by atoms with Crippen LogP contribution in [0, 0.1) is 0 Å². The Morgan fingerprint density at radius 1 is 1.54 bits per heavy atom. The first kappa shape index (κ1) is 8.99. The standard InChI is InChI=1S/C9H7BrO2S/c10-7-3-8(13-5-7)9(11)6-1-2-12-4-6/h1-5,9,11H. The molecule has 0 amide bonds. The fourth-order valence-corrected chi connectivity index (χ4v) is 2.52. The smallest absolute Gasteiger partial charge is 0.116 e. The monoisotopic (exact) mass is 258 g/mol. The molecule has 1 unspecified atom stereocenters. The van der Waals surface area contributed by atoms with Crippen LogP contribution < -0.4 is 0 Å². The van der Waals surface area contributed by atoms with Gasteiger partial charge < -0.3 is 9.52 Å². The molecule has 2 nitrogen and oxygen atoms in total. The van der Waals surface area contributed by atoms with Crippen molar-refractivity contribution < 1.29 is 9.52 Å². The van der Waals surface area contributed by atoms with Gasteiger partial charge in [0, 0.05) is 20.3 Å². The van der Waals surface area contributed by atoms with E-state index in [2.05, 4.69) is 15.9 Å². The van der Waals surface area contributed by atoms with E-state index in [0.717, 1.165) is 14.9 Å². The van der Waals surface area contributed by atoms with Gasteiger partial charge in [0.15, 0.2) is 0 Å². The Labute approximate surface area is 87.9 Å². The van der Waals surface area contributed by atoms with Crippen LogP contribution in [0.5, 0.6) is 0 Å². The van der Waals surface area contributed by atoms with E-state index in [9.17, 15) is 5.11 Å². The molecule has 0 aliphatic rings. The molecule has 68 valence electrons. The first-order valence-corrected chi connectivity index (χ1v) is 5.39. The largest absolute Gasteiger partial charge is 0.472 e. The maximum atomic E-state index is 9.82. The second kappa shape index (κ2) is 3.65. The Balaban J connectivity index is 2.28. The number of aliphatic hydroxyl groups excluding tert-OH is 1. The number of hydrogen-bond acceptors (Lipinski definition) is 3. The predicted molar refractivity (Wildman–Crippen MR) is 54.8 cm³/mol. The number of thiophene rings is 1. The Bertz CT molecular complexity index is 380. The van der Waals surface area contributed by atoms with Crippen LogP contribution in [0.3, 0.4) is 0 Å². The summed E-state index contributed by atoms with van der Waals surface area (Å²) in [5.41, 5.74) is 0.786. The highest BCUT2D eigenvalue weighted by Crippen LogP contribution is 2.29. The average molecular weight is 259 g/mol. The molecular weight excluding hydrogens is 252 g/mol. The van der Waals surface area contributed by atoms with Gasteiger partial charge in [0.1, 0.15) is 6.10 Å².